The Bertz CT molecular complexity index is 664. The number of anilines is 4. The van der Waals surface area contributed by atoms with Crippen molar-refractivity contribution < 1.29 is 9.59 Å². The average molecular weight is 311 g/mol. The van der Waals surface area contributed by atoms with Crippen LogP contribution in [0.5, 0.6) is 0 Å². The van der Waals surface area contributed by atoms with Crippen LogP contribution in [0, 0.1) is 0 Å². The molecule has 0 atom stereocenters. The maximum absolute atomic E-state index is 11.5. The summed E-state index contributed by atoms with van der Waals surface area (Å²) in [6.07, 6.45) is 1.36. The largest absolute Gasteiger partial charge is 0.356 e. The van der Waals surface area contributed by atoms with Gasteiger partial charge in [-0.25, -0.2) is 0 Å². The first-order valence-electron chi connectivity index (χ1n) is 7.61. The molecule has 0 aliphatic carbocycles. The van der Waals surface area contributed by atoms with Crippen molar-refractivity contribution in [3.05, 3.63) is 48.5 Å². The van der Waals surface area contributed by atoms with Crippen LogP contribution in [0.4, 0.5) is 22.7 Å². The van der Waals surface area contributed by atoms with E-state index in [9.17, 15) is 9.59 Å². The summed E-state index contributed by atoms with van der Waals surface area (Å²) in [5.41, 5.74) is 3.39. The molecule has 0 radical (unpaired) electrons. The van der Waals surface area contributed by atoms with Gasteiger partial charge in [-0.3, -0.25) is 9.59 Å². The Balaban J connectivity index is 1.95. The number of carbonyl (C=O) groups excluding carboxylic acids is 2. The van der Waals surface area contributed by atoms with Crippen LogP contribution in [-0.4, -0.2) is 11.8 Å². The van der Waals surface area contributed by atoms with Crippen LogP contribution >= 0.6 is 0 Å². The summed E-state index contributed by atoms with van der Waals surface area (Å²) < 4.78 is 0. The lowest BCUT2D eigenvalue weighted by molar-refractivity contribution is -0.116. The van der Waals surface area contributed by atoms with Crippen LogP contribution in [0.15, 0.2) is 48.5 Å². The van der Waals surface area contributed by atoms with Crippen molar-refractivity contribution in [2.45, 2.75) is 26.7 Å². The molecule has 0 spiro atoms. The number of benzene rings is 2. The minimum absolute atomic E-state index is 0.0294. The summed E-state index contributed by atoms with van der Waals surface area (Å²) in [7, 11) is 0. The maximum Gasteiger partial charge on any atom is 0.224 e. The first kappa shape index (κ1) is 16.5. The summed E-state index contributed by atoms with van der Waals surface area (Å²) in [5, 5.41) is 8.84. The molecule has 120 valence electrons. The van der Waals surface area contributed by atoms with E-state index in [-0.39, 0.29) is 11.8 Å². The SMILES string of the molecule is CCCC(=O)Nc1ccc(Nc2ccc(NC(C)=O)cc2)cc1. The van der Waals surface area contributed by atoms with E-state index < -0.39 is 0 Å². The van der Waals surface area contributed by atoms with E-state index in [1.807, 2.05) is 55.5 Å². The summed E-state index contributed by atoms with van der Waals surface area (Å²) in [4.78, 5) is 22.5. The van der Waals surface area contributed by atoms with Crippen molar-refractivity contribution in [1.82, 2.24) is 0 Å². The van der Waals surface area contributed by atoms with Gasteiger partial charge in [0, 0.05) is 36.1 Å². The van der Waals surface area contributed by atoms with Crippen molar-refractivity contribution >= 4 is 34.6 Å². The van der Waals surface area contributed by atoms with Crippen LogP contribution in [0.25, 0.3) is 0 Å². The van der Waals surface area contributed by atoms with E-state index in [0.717, 1.165) is 29.2 Å². The predicted molar refractivity (Wildman–Crippen MR) is 94.0 cm³/mol. The number of nitrogens with one attached hydrogen (secondary N) is 3. The first-order chi connectivity index (χ1) is 11.1. The number of rotatable bonds is 6. The Morgan fingerprint density at radius 1 is 0.783 bits per heavy atom. The Morgan fingerprint density at radius 2 is 1.22 bits per heavy atom. The first-order valence-corrected chi connectivity index (χ1v) is 7.61. The third kappa shape index (κ3) is 5.47. The molecule has 3 N–H and O–H groups in total. The van der Waals surface area contributed by atoms with Gasteiger partial charge in [0.25, 0.3) is 0 Å². The van der Waals surface area contributed by atoms with Gasteiger partial charge in [0.05, 0.1) is 0 Å². The second kappa shape index (κ2) is 7.98. The Hall–Kier alpha value is -2.82. The molecule has 2 amide bonds. The summed E-state index contributed by atoms with van der Waals surface area (Å²) in [6.45, 7) is 3.46. The van der Waals surface area contributed by atoms with Crippen LogP contribution in [0.3, 0.4) is 0 Å². The lowest BCUT2D eigenvalue weighted by atomic mass is 10.2. The highest BCUT2D eigenvalue weighted by Crippen LogP contribution is 2.20. The van der Waals surface area contributed by atoms with Gasteiger partial charge < -0.3 is 16.0 Å². The Morgan fingerprint density at radius 3 is 1.65 bits per heavy atom. The van der Waals surface area contributed by atoms with E-state index in [1.165, 1.54) is 6.92 Å². The fourth-order valence-corrected chi connectivity index (χ4v) is 2.09. The molecule has 0 aromatic heterocycles. The summed E-state index contributed by atoms with van der Waals surface area (Å²) in [6, 6.07) is 15.0. The fourth-order valence-electron chi connectivity index (χ4n) is 2.09. The fraction of sp³-hybridized carbons (Fsp3) is 0.222. The summed E-state index contributed by atoms with van der Waals surface area (Å²) in [5.74, 6) is -0.0619. The highest BCUT2D eigenvalue weighted by atomic mass is 16.2. The van der Waals surface area contributed by atoms with E-state index in [4.69, 9.17) is 0 Å². The molecule has 0 bridgehead atoms. The van der Waals surface area contributed by atoms with Gasteiger partial charge in [0.1, 0.15) is 0 Å². The second-order valence-corrected chi connectivity index (χ2v) is 5.26. The van der Waals surface area contributed by atoms with Crippen molar-refractivity contribution in [3.8, 4) is 0 Å². The van der Waals surface area contributed by atoms with E-state index in [0.29, 0.717) is 6.42 Å². The second-order valence-electron chi connectivity index (χ2n) is 5.26. The molecule has 5 heteroatoms. The molecule has 0 saturated heterocycles. The number of amides is 2. The molecule has 2 aromatic carbocycles. The molecule has 0 saturated carbocycles. The van der Waals surface area contributed by atoms with E-state index in [1.54, 1.807) is 0 Å². The number of carbonyl (C=O) groups is 2. The third-order valence-electron chi connectivity index (χ3n) is 3.14. The van der Waals surface area contributed by atoms with Crippen LogP contribution in [0.1, 0.15) is 26.7 Å². The van der Waals surface area contributed by atoms with Gasteiger partial charge in [-0.15, -0.1) is 0 Å². The average Bonchev–Trinajstić information content (AvgIpc) is 2.51. The molecular formula is C18H21N3O2. The quantitative estimate of drug-likeness (QED) is 0.751. The molecule has 23 heavy (non-hydrogen) atoms. The predicted octanol–water partition coefficient (Wildman–Crippen LogP) is 4.13. The van der Waals surface area contributed by atoms with Crippen molar-refractivity contribution in [3.63, 3.8) is 0 Å². The van der Waals surface area contributed by atoms with Gasteiger partial charge in [-0.2, -0.15) is 0 Å². The molecule has 2 rings (SSSR count). The molecule has 0 fully saturated rings. The zero-order valence-corrected chi connectivity index (χ0v) is 13.3. The highest BCUT2D eigenvalue weighted by molar-refractivity contribution is 5.91. The molecule has 0 aliphatic rings. The van der Waals surface area contributed by atoms with Crippen LogP contribution in [-0.2, 0) is 9.59 Å². The van der Waals surface area contributed by atoms with Crippen molar-refractivity contribution in [2.24, 2.45) is 0 Å². The Kier molecular flexibility index (Phi) is 5.74. The standard InChI is InChI=1S/C18H21N3O2/c1-3-4-18(23)21-17-11-9-16(10-12-17)20-15-7-5-14(6-8-15)19-13(2)22/h5-12,20H,3-4H2,1-2H3,(H,19,22)(H,21,23). The van der Waals surface area contributed by atoms with Gasteiger partial charge in [0.2, 0.25) is 11.8 Å². The van der Waals surface area contributed by atoms with Gasteiger partial charge in [0.15, 0.2) is 0 Å². The maximum atomic E-state index is 11.5. The van der Waals surface area contributed by atoms with Gasteiger partial charge in [-0.05, 0) is 55.0 Å². The normalized spacial score (nSPS) is 10.0. The Labute approximate surface area is 136 Å². The summed E-state index contributed by atoms with van der Waals surface area (Å²) >= 11 is 0. The minimum Gasteiger partial charge on any atom is -0.356 e. The van der Waals surface area contributed by atoms with Gasteiger partial charge >= 0.3 is 0 Å². The van der Waals surface area contributed by atoms with Crippen molar-refractivity contribution in [1.29, 1.82) is 0 Å². The smallest absolute Gasteiger partial charge is 0.224 e. The molecule has 5 nitrogen and oxygen atoms in total. The molecule has 0 heterocycles. The van der Waals surface area contributed by atoms with Crippen LogP contribution < -0.4 is 16.0 Å². The van der Waals surface area contributed by atoms with E-state index >= 15 is 0 Å². The highest BCUT2D eigenvalue weighted by Gasteiger charge is 2.01. The molecule has 2 aromatic rings. The zero-order chi connectivity index (χ0) is 16.7. The number of hydrogen-bond acceptors (Lipinski definition) is 3. The molecular weight excluding hydrogens is 290 g/mol. The minimum atomic E-state index is -0.0913. The monoisotopic (exact) mass is 311 g/mol. The lowest BCUT2D eigenvalue weighted by Gasteiger charge is -2.09. The number of hydrogen-bond donors (Lipinski definition) is 3. The van der Waals surface area contributed by atoms with Crippen molar-refractivity contribution in [2.75, 3.05) is 16.0 Å². The van der Waals surface area contributed by atoms with E-state index in [2.05, 4.69) is 16.0 Å². The molecule has 0 aliphatic heterocycles. The van der Waals surface area contributed by atoms with Gasteiger partial charge in [-0.1, -0.05) is 6.92 Å². The third-order valence-corrected chi connectivity index (χ3v) is 3.14. The van der Waals surface area contributed by atoms with Crippen LogP contribution in [0.2, 0.25) is 0 Å². The molecule has 0 unspecified atom stereocenters. The zero-order valence-electron chi connectivity index (χ0n) is 13.3. The lowest BCUT2D eigenvalue weighted by Crippen LogP contribution is -2.10. The topological polar surface area (TPSA) is 70.2 Å².